The lowest BCUT2D eigenvalue weighted by atomic mass is 10.2. The molecule has 0 saturated heterocycles. The molecular weight excluding hydrogens is 392 g/mol. The molecule has 0 heterocycles. The average Bonchev–Trinajstić information content (AvgIpc) is 2.72. The van der Waals surface area contributed by atoms with Crippen molar-refractivity contribution >= 4 is 33.2 Å². The van der Waals surface area contributed by atoms with E-state index in [1.54, 1.807) is 36.0 Å². The Morgan fingerprint density at radius 2 is 1.57 bits per heavy atom. The summed E-state index contributed by atoms with van der Waals surface area (Å²) in [7, 11) is -3.86. The molecule has 0 saturated carbocycles. The van der Waals surface area contributed by atoms with Gasteiger partial charge in [0.15, 0.2) is 0 Å². The van der Waals surface area contributed by atoms with Gasteiger partial charge >= 0.3 is 0 Å². The van der Waals surface area contributed by atoms with E-state index in [0.29, 0.717) is 12.2 Å². The molecule has 0 bridgehead atoms. The smallest absolute Gasteiger partial charge is 0.250 e. The summed E-state index contributed by atoms with van der Waals surface area (Å²) in [6.07, 6.45) is 0. The van der Waals surface area contributed by atoms with Crippen LogP contribution < -0.4 is 11.1 Å². The third-order valence-electron chi connectivity index (χ3n) is 4.03. The summed E-state index contributed by atoms with van der Waals surface area (Å²) in [5.74, 6) is 0.0308. The van der Waals surface area contributed by atoms with Gasteiger partial charge in [0.25, 0.3) is 0 Å². The van der Waals surface area contributed by atoms with Crippen molar-refractivity contribution in [3.63, 3.8) is 0 Å². The molecule has 0 fully saturated rings. The predicted molar refractivity (Wildman–Crippen MR) is 113 cm³/mol. The minimum absolute atomic E-state index is 0.0203. The summed E-state index contributed by atoms with van der Waals surface area (Å²) in [6.45, 7) is 0.639. The molecule has 0 spiro atoms. The van der Waals surface area contributed by atoms with Gasteiger partial charge in [-0.2, -0.15) is 0 Å². The molecule has 0 aliphatic heterocycles. The Balaban J connectivity index is 1.79. The number of anilines is 1. The Hall–Kier alpha value is -2.77. The summed E-state index contributed by atoms with van der Waals surface area (Å²) in [4.78, 5) is 13.0. The van der Waals surface area contributed by atoms with Crippen molar-refractivity contribution in [1.82, 2.24) is 0 Å². The van der Waals surface area contributed by atoms with Gasteiger partial charge in [0, 0.05) is 22.9 Å². The van der Waals surface area contributed by atoms with E-state index >= 15 is 0 Å². The summed E-state index contributed by atoms with van der Waals surface area (Å²) in [5, 5.41) is 3.21. The lowest BCUT2D eigenvalue weighted by Gasteiger charge is -2.12. The molecule has 7 heteroatoms. The summed E-state index contributed by atoms with van der Waals surface area (Å²) in [6, 6.07) is 22.6. The van der Waals surface area contributed by atoms with E-state index in [4.69, 9.17) is 5.73 Å². The number of rotatable bonds is 8. The number of thioether (sulfide) groups is 1. The summed E-state index contributed by atoms with van der Waals surface area (Å²) in [5.41, 5.74) is 6.00. The maximum atomic E-state index is 13.0. The number of sulfone groups is 1. The second kappa shape index (κ2) is 8.95. The maximum Gasteiger partial charge on any atom is 0.250 e. The van der Waals surface area contributed by atoms with Crippen LogP contribution in [0.25, 0.3) is 0 Å². The zero-order chi connectivity index (χ0) is 20.0. The van der Waals surface area contributed by atoms with E-state index in [2.05, 4.69) is 5.32 Å². The van der Waals surface area contributed by atoms with Crippen molar-refractivity contribution in [1.29, 1.82) is 0 Å². The van der Waals surface area contributed by atoms with Crippen molar-refractivity contribution < 1.29 is 13.2 Å². The van der Waals surface area contributed by atoms with Crippen LogP contribution in [0.4, 0.5) is 5.69 Å². The minimum atomic E-state index is -3.86. The Morgan fingerprint density at radius 3 is 2.21 bits per heavy atom. The van der Waals surface area contributed by atoms with Crippen molar-refractivity contribution in [3.8, 4) is 0 Å². The zero-order valence-electron chi connectivity index (χ0n) is 15.0. The largest absolute Gasteiger partial charge is 0.384 e. The third-order valence-corrected chi connectivity index (χ3v) is 6.86. The maximum absolute atomic E-state index is 13.0. The van der Waals surface area contributed by atoms with Crippen molar-refractivity contribution in [2.24, 2.45) is 5.73 Å². The molecule has 3 aromatic rings. The van der Waals surface area contributed by atoms with Crippen LogP contribution in [0, 0.1) is 0 Å². The van der Waals surface area contributed by atoms with Crippen LogP contribution in [-0.2, 0) is 9.84 Å². The number of carbonyl (C=O) groups is 1. The van der Waals surface area contributed by atoms with Crippen LogP contribution in [0.2, 0.25) is 0 Å². The van der Waals surface area contributed by atoms with Gasteiger partial charge in [-0.15, -0.1) is 11.8 Å². The Morgan fingerprint density at radius 1 is 0.929 bits per heavy atom. The molecule has 3 aromatic carbocycles. The van der Waals surface area contributed by atoms with E-state index in [9.17, 15) is 13.2 Å². The molecule has 1 amide bonds. The molecule has 0 aromatic heterocycles. The van der Waals surface area contributed by atoms with Crippen LogP contribution in [0.5, 0.6) is 0 Å². The van der Waals surface area contributed by atoms with Gasteiger partial charge in [0.1, 0.15) is 0 Å². The highest BCUT2D eigenvalue weighted by atomic mass is 32.2. The number of hydrogen-bond acceptors (Lipinski definition) is 5. The number of nitrogens with two attached hydrogens (primary N) is 1. The van der Waals surface area contributed by atoms with E-state index in [1.165, 1.54) is 29.2 Å². The number of carbonyl (C=O) groups excluding carboxylic acids is 1. The molecule has 3 rings (SSSR count). The number of primary amides is 1. The number of amides is 1. The summed E-state index contributed by atoms with van der Waals surface area (Å²) < 4.78 is 26.0. The van der Waals surface area contributed by atoms with Gasteiger partial charge < -0.3 is 11.1 Å². The predicted octanol–water partition coefficient (Wildman–Crippen LogP) is 3.82. The second-order valence-corrected chi connectivity index (χ2v) is 9.07. The molecule has 0 unspecified atom stereocenters. The van der Waals surface area contributed by atoms with E-state index < -0.39 is 15.7 Å². The monoisotopic (exact) mass is 412 g/mol. The number of nitrogens with one attached hydrogen (secondary N) is 1. The first-order valence-corrected chi connectivity index (χ1v) is 11.1. The van der Waals surface area contributed by atoms with Gasteiger partial charge in [-0.05, 0) is 42.5 Å². The molecular formula is C21H20N2O3S2. The Bertz CT molecular complexity index is 1050. The lowest BCUT2D eigenvalue weighted by molar-refractivity contribution is 0.0997. The molecule has 5 nitrogen and oxygen atoms in total. The first kappa shape index (κ1) is 20.0. The van der Waals surface area contributed by atoms with Crippen LogP contribution in [0.1, 0.15) is 10.4 Å². The quantitative estimate of drug-likeness (QED) is 0.434. The number of benzene rings is 3. The topological polar surface area (TPSA) is 89.3 Å². The number of hydrogen-bond donors (Lipinski definition) is 2. The van der Waals surface area contributed by atoms with Crippen LogP contribution in [-0.4, -0.2) is 26.6 Å². The van der Waals surface area contributed by atoms with Crippen molar-refractivity contribution in [2.45, 2.75) is 14.7 Å². The highest BCUT2D eigenvalue weighted by molar-refractivity contribution is 7.99. The standard InChI is InChI=1S/C21H20N2O3S2/c22-21(24)19-12-11-16(23-13-14-27-17-7-3-1-4-8-17)15-20(19)28(25,26)18-9-5-2-6-10-18/h1-12,15,23H,13-14H2,(H2,22,24). The average molecular weight is 413 g/mol. The van der Waals surface area contributed by atoms with Gasteiger partial charge in [-0.3, -0.25) is 4.79 Å². The van der Waals surface area contributed by atoms with Crippen molar-refractivity contribution in [2.75, 3.05) is 17.6 Å². The second-order valence-electron chi connectivity index (χ2n) is 5.98. The fraction of sp³-hybridized carbons (Fsp3) is 0.0952. The van der Waals surface area contributed by atoms with Crippen LogP contribution in [0.15, 0.2) is 93.5 Å². The fourth-order valence-corrected chi connectivity index (χ4v) is 4.96. The van der Waals surface area contributed by atoms with Gasteiger partial charge in [0.05, 0.1) is 15.4 Å². The minimum Gasteiger partial charge on any atom is -0.384 e. The highest BCUT2D eigenvalue weighted by Gasteiger charge is 2.24. The molecule has 0 atom stereocenters. The first-order chi connectivity index (χ1) is 13.5. The highest BCUT2D eigenvalue weighted by Crippen LogP contribution is 2.27. The summed E-state index contributed by atoms with van der Waals surface area (Å²) >= 11 is 1.70. The molecule has 28 heavy (non-hydrogen) atoms. The molecule has 3 N–H and O–H groups in total. The fourth-order valence-electron chi connectivity index (χ4n) is 2.67. The third kappa shape index (κ3) is 4.74. The van der Waals surface area contributed by atoms with Crippen LogP contribution in [0.3, 0.4) is 0 Å². The molecule has 0 aliphatic carbocycles. The lowest BCUT2D eigenvalue weighted by Crippen LogP contribution is -2.17. The van der Waals surface area contributed by atoms with Gasteiger partial charge in [-0.1, -0.05) is 36.4 Å². The van der Waals surface area contributed by atoms with E-state index in [1.807, 2.05) is 30.3 Å². The van der Waals surface area contributed by atoms with E-state index in [0.717, 1.165) is 5.75 Å². The SMILES string of the molecule is NC(=O)c1ccc(NCCSc2ccccc2)cc1S(=O)(=O)c1ccccc1. The van der Waals surface area contributed by atoms with Gasteiger partial charge in [0.2, 0.25) is 15.7 Å². The normalized spacial score (nSPS) is 11.1. The van der Waals surface area contributed by atoms with Crippen molar-refractivity contribution in [3.05, 3.63) is 84.4 Å². The molecule has 0 aliphatic rings. The molecule has 144 valence electrons. The Kier molecular flexibility index (Phi) is 6.38. The zero-order valence-corrected chi connectivity index (χ0v) is 16.7. The first-order valence-electron chi connectivity index (χ1n) is 8.64. The van der Waals surface area contributed by atoms with Crippen LogP contribution >= 0.6 is 11.8 Å². The molecule has 0 radical (unpaired) electrons. The van der Waals surface area contributed by atoms with E-state index in [-0.39, 0.29) is 15.4 Å². The van der Waals surface area contributed by atoms with Gasteiger partial charge in [-0.25, -0.2) is 8.42 Å². The Labute approximate surface area is 168 Å².